The first kappa shape index (κ1) is 16.7. The van der Waals surface area contributed by atoms with Gasteiger partial charge in [-0.05, 0) is 48.1 Å². The Morgan fingerprint density at radius 2 is 2.12 bits per heavy atom. The van der Waals surface area contributed by atoms with Gasteiger partial charge in [-0.3, -0.25) is 4.79 Å². The molecule has 2 aromatic carbocycles. The van der Waals surface area contributed by atoms with Crippen LogP contribution in [0.5, 0.6) is 0 Å². The smallest absolute Gasteiger partial charge is 0.423 e. The van der Waals surface area contributed by atoms with E-state index in [2.05, 4.69) is 10.3 Å². The third-order valence-electron chi connectivity index (χ3n) is 4.64. The van der Waals surface area contributed by atoms with Crippen LogP contribution in [0.25, 0.3) is 5.69 Å². The van der Waals surface area contributed by atoms with Crippen molar-refractivity contribution in [3.8, 4) is 5.69 Å². The number of ketones is 1. The fourth-order valence-corrected chi connectivity index (χ4v) is 3.24. The number of aryl methyl sites for hydroxylation is 1. The van der Waals surface area contributed by atoms with Crippen molar-refractivity contribution >= 4 is 18.4 Å². The highest BCUT2D eigenvalue weighted by atomic mass is 16.5. The molecule has 0 saturated heterocycles. The topological polar surface area (TPSA) is 77.2 Å². The van der Waals surface area contributed by atoms with Gasteiger partial charge in [0, 0.05) is 6.42 Å². The average molecular weight is 347 g/mol. The quantitative estimate of drug-likeness (QED) is 0.572. The van der Waals surface area contributed by atoms with E-state index in [4.69, 9.17) is 4.65 Å². The summed E-state index contributed by atoms with van der Waals surface area (Å²) in [6, 6.07) is 13.5. The molecule has 0 atom stereocenters. The lowest BCUT2D eigenvalue weighted by Gasteiger charge is -2.05. The molecule has 0 amide bonds. The molecule has 7 heteroatoms. The Bertz CT molecular complexity index is 999. The van der Waals surface area contributed by atoms with Crippen molar-refractivity contribution in [1.29, 1.82) is 0 Å². The molecule has 0 radical (unpaired) electrons. The summed E-state index contributed by atoms with van der Waals surface area (Å²) in [6.07, 6.45) is 0.202. The minimum absolute atomic E-state index is 0.102. The molecule has 0 saturated carbocycles. The number of rotatable bonds is 4. The van der Waals surface area contributed by atoms with Crippen LogP contribution in [0, 0.1) is 13.8 Å². The Hall–Kier alpha value is -2.77. The number of hydrogen-bond acceptors (Lipinski definition) is 5. The van der Waals surface area contributed by atoms with E-state index in [1.807, 2.05) is 56.3 Å². The monoisotopic (exact) mass is 347 g/mol. The summed E-state index contributed by atoms with van der Waals surface area (Å²) in [7, 11) is -0.913. The van der Waals surface area contributed by atoms with E-state index in [0.29, 0.717) is 18.0 Å². The van der Waals surface area contributed by atoms with Crippen molar-refractivity contribution in [3.63, 3.8) is 0 Å². The largest absolute Gasteiger partial charge is 0.491 e. The molecule has 0 unspecified atom stereocenters. The molecule has 0 aliphatic carbocycles. The van der Waals surface area contributed by atoms with E-state index < -0.39 is 7.12 Å². The Balaban J connectivity index is 1.59. The standard InChI is InChI=1S/C19H18BN3O3/c1-12-4-3-5-16(8-12)23-13(2)19(21-22-23)18(24)10-14-6-7-15-11-26-20(25)17(15)9-14/h3-9,25H,10-11H2,1-2H3. The second-order valence-electron chi connectivity index (χ2n) is 6.57. The summed E-state index contributed by atoms with van der Waals surface area (Å²) < 4.78 is 6.87. The van der Waals surface area contributed by atoms with Gasteiger partial charge in [0.25, 0.3) is 0 Å². The maximum Gasteiger partial charge on any atom is 0.491 e. The van der Waals surface area contributed by atoms with Gasteiger partial charge < -0.3 is 9.68 Å². The maximum absolute atomic E-state index is 12.7. The Morgan fingerprint density at radius 3 is 2.92 bits per heavy atom. The molecule has 3 aromatic rings. The van der Waals surface area contributed by atoms with Crippen molar-refractivity contribution in [2.45, 2.75) is 26.9 Å². The zero-order chi connectivity index (χ0) is 18.3. The summed E-state index contributed by atoms with van der Waals surface area (Å²) in [4.78, 5) is 12.7. The van der Waals surface area contributed by atoms with E-state index in [9.17, 15) is 9.82 Å². The summed E-state index contributed by atoms with van der Waals surface area (Å²) in [5.74, 6) is -0.102. The molecule has 26 heavy (non-hydrogen) atoms. The zero-order valence-electron chi connectivity index (χ0n) is 14.6. The lowest BCUT2D eigenvalue weighted by atomic mass is 9.78. The first-order valence-electron chi connectivity index (χ1n) is 8.47. The lowest BCUT2D eigenvalue weighted by molar-refractivity contribution is 0.0987. The lowest BCUT2D eigenvalue weighted by Crippen LogP contribution is -2.28. The highest BCUT2D eigenvalue weighted by molar-refractivity contribution is 6.61. The highest BCUT2D eigenvalue weighted by Gasteiger charge is 2.27. The molecule has 2 heterocycles. The summed E-state index contributed by atoms with van der Waals surface area (Å²) in [6.45, 7) is 4.25. The van der Waals surface area contributed by atoms with Gasteiger partial charge in [0.15, 0.2) is 11.5 Å². The van der Waals surface area contributed by atoms with Gasteiger partial charge in [-0.25, -0.2) is 4.68 Å². The van der Waals surface area contributed by atoms with Crippen LogP contribution in [0.15, 0.2) is 42.5 Å². The Labute approximate surface area is 151 Å². The van der Waals surface area contributed by atoms with Gasteiger partial charge in [-0.2, -0.15) is 0 Å². The Kier molecular flexibility index (Phi) is 4.18. The number of fused-ring (bicyclic) bond motifs is 1. The first-order chi connectivity index (χ1) is 12.5. The number of aromatic nitrogens is 3. The van der Waals surface area contributed by atoms with Crippen LogP contribution < -0.4 is 5.46 Å². The molecule has 0 bridgehead atoms. The van der Waals surface area contributed by atoms with E-state index in [0.717, 1.165) is 27.8 Å². The molecule has 6 nitrogen and oxygen atoms in total. The van der Waals surface area contributed by atoms with E-state index in [1.54, 1.807) is 4.68 Å². The van der Waals surface area contributed by atoms with E-state index in [1.165, 1.54) is 0 Å². The number of hydrogen-bond donors (Lipinski definition) is 1. The highest BCUT2D eigenvalue weighted by Crippen LogP contribution is 2.17. The molecule has 0 fully saturated rings. The van der Waals surface area contributed by atoms with Crippen LogP contribution in [-0.2, 0) is 17.7 Å². The molecule has 1 N–H and O–H groups in total. The minimum atomic E-state index is -0.913. The molecular formula is C19H18BN3O3. The fraction of sp³-hybridized carbons (Fsp3) is 0.211. The van der Waals surface area contributed by atoms with Gasteiger partial charge in [0.05, 0.1) is 18.0 Å². The van der Waals surface area contributed by atoms with Crippen LogP contribution in [0.2, 0.25) is 0 Å². The molecule has 130 valence electrons. The van der Waals surface area contributed by atoms with Crippen LogP contribution in [-0.4, -0.2) is 32.9 Å². The number of Topliss-reactive ketones (excluding diaryl/α,β-unsaturated/α-hetero) is 1. The second kappa shape index (κ2) is 6.51. The number of nitrogens with zero attached hydrogens (tertiary/aromatic N) is 3. The van der Waals surface area contributed by atoms with Gasteiger partial charge in [0.1, 0.15) is 0 Å². The van der Waals surface area contributed by atoms with Crippen molar-refractivity contribution < 1.29 is 14.5 Å². The first-order valence-corrected chi connectivity index (χ1v) is 8.47. The summed E-state index contributed by atoms with van der Waals surface area (Å²) >= 11 is 0. The van der Waals surface area contributed by atoms with Crippen LogP contribution in [0.4, 0.5) is 0 Å². The van der Waals surface area contributed by atoms with Crippen molar-refractivity contribution in [1.82, 2.24) is 15.0 Å². The SMILES string of the molecule is Cc1cccc(-n2nnc(C(=O)Cc3ccc4c(c3)B(O)OC4)c2C)c1. The number of benzene rings is 2. The summed E-state index contributed by atoms with van der Waals surface area (Å²) in [5.41, 5.74) is 5.58. The minimum Gasteiger partial charge on any atom is -0.423 e. The normalized spacial score (nSPS) is 13.1. The molecule has 1 aromatic heterocycles. The maximum atomic E-state index is 12.7. The third kappa shape index (κ3) is 2.96. The predicted octanol–water partition coefficient (Wildman–Crippen LogP) is 1.53. The number of carbonyl (C=O) groups excluding carboxylic acids is 1. The molecule has 1 aliphatic rings. The van der Waals surface area contributed by atoms with Crippen LogP contribution >= 0.6 is 0 Å². The fourth-order valence-electron chi connectivity index (χ4n) is 3.24. The van der Waals surface area contributed by atoms with Gasteiger partial charge >= 0.3 is 7.12 Å². The van der Waals surface area contributed by atoms with Gasteiger partial charge in [0.2, 0.25) is 0 Å². The van der Waals surface area contributed by atoms with E-state index >= 15 is 0 Å². The molecule has 0 spiro atoms. The Morgan fingerprint density at radius 1 is 1.27 bits per heavy atom. The molecular weight excluding hydrogens is 329 g/mol. The van der Waals surface area contributed by atoms with E-state index in [-0.39, 0.29) is 12.2 Å². The average Bonchev–Trinajstić information content (AvgIpc) is 3.18. The summed E-state index contributed by atoms with van der Waals surface area (Å²) in [5, 5.41) is 18.1. The van der Waals surface area contributed by atoms with Crippen molar-refractivity contribution in [2.75, 3.05) is 0 Å². The van der Waals surface area contributed by atoms with Crippen LogP contribution in [0.1, 0.15) is 32.9 Å². The third-order valence-corrected chi connectivity index (χ3v) is 4.64. The zero-order valence-corrected chi connectivity index (χ0v) is 14.6. The molecule has 1 aliphatic heterocycles. The molecule has 4 rings (SSSR count). The predicted molar refractivity (Wildman–Crippen MR) is 97.7 cm³/mol. The second-order valence-corrected chi connectivity index (χ2v) is 6.57. The van der Waals surface area contributed by atoms with Gasteiger partial charge in [-0.15, -0.1) is 5.10 Å². The van der Waals surface area contributed by atoms with Crippen molar-refractivity contribution in [3.05, 3.63) is 70.5 Å². The number of carbonyl (C=O) groups is 1. The van der Waals surface area contributed by atoms with Crippen LogP contribution in [0.3, 0.4) is 0 Å². The van der Waals surface area contributed by atoms with Crippen molar-refractivity contribution in [2.24, 2.45) is 0 Å². The van der Waals surface area contributed by atoms with Gasteiger partial charge in [-0.1, -0.05) is 35.5 Å².